The first kappa shape index (κ1) is 14.6. The van der Waals surface area contributed by atoms with Crippen molar-refractivity contribution in [2.45, 2.75) is 26.1 Å². The number of hydrogen-bond acceptors (Lipinski definition) is 6. The largest absolute Gasteiger partial charge is 0.490 e. The molecule has 0 fully saturated rings. The van der Waals surface area contributed by atoms with E-state index in [1.807, 2.05) is 25.1 Å². The summed E-state index contributed by atoms with van der Waals surface area (Å²) in [5.74, 6) is 1.13. The zero-order valence-electron chi connectivity index (χ0n) is 12.5. The predicted octanol–water partition coefficient (Wildman–Crippen LogP) is 2.35. The van der Waals surface area contributed by atoms with Gasteiger partial charge in [0.2, 0.25) is 0 Å². The zero-order valence-corrected chi connectivity index (χ0v) is 12.5. The number of ether oxygens (including phenoxy) is 3. The van der Waals surface area contributed by atoms with Gasteiger partial charge in [0, 0.05) is 25.2 Å². The molecule has 1 atom stereocenters. The summed E-state index contributed by atoms with van der Waals surface area (Å²) in [5, 5.41) is 3.91. The molecule has 0 spiro atoms. The van der Waals surface area contributed by atoms with Gasteiger partial charge in [0.25, 0.3) is 0 Å². The van der Waals surface area contributed by atoms with Crippen molar-refractivity contribution in [3.63, 3.8) is 0 Å². The lowest BCUT2D eigenvalue weighted by molar-refractivity contribution is -0.149. The predicted molar refractivity (Wildman–Crippen MR) is 77.4 cm³/mol. The van der Waals surface area contributed by atoms with E-state index in [-0.39, 0.29) is 19.3 Å². The van der Waals surface area contributed by atoms with E-state index in [9.17, 15) is 4.79 Å². The van der Waals surface area contributed by atoms with Crippen LogP contribution in [0.1, 0.15) is 18.2 Å². The molecule has 0 bridgehead atoms. The Hall–Kier alpha value is -2.34. The molecule has 2 aromatic rings. The van der Waals surface area contributed by atoms with Gasteiger partial charge in [-0.25, -0.2) is 4.79 Å². The summed E-state index contributed by atoms with van der Waals surface area (Å²) in [6.07, 6.45) is 1.09. The van der Waals surface area contributed by atoms with Gasteiger partial charge in [-0.15, -0.1) is 0 Å². The van der Waals surface area contributed by atoms with E-state index in [1.165, 1.54) is 7.11 Å². The van der Waals surface area contributed by atoms with Gasteiger partial charge in [-0.3, -0.25) is 0 Å². The van der Waals surface area contributed by atoms with Crippen molar-refractivity contribution in [2.75, 3.05) is 13.7 Å². The topological polar surface area (TPSA) is 70.8 Å². The van der Waals surface area contributed by atoms with Crippen molar-refractivity contribution in [1.29, 1.82) is 0 Å². The Morgan fingerprint density at radius 3 is 3.09 bits per heavy atom. The number of methoxy groups -OCH3 is 1. The number of carbonyl (C=O) groups excluding carboxylic acids is 1. The van der Waals surface area contributed by atoms with Gasteiger partial charge in [-0.2, -0.15) is 0 Å². The molecule has 0 N–H and O–H groups in total. The molecule has 116 valence electrons. The van der Waals surface area contributed by atoms with Crippen LogP contribution in [0, 0.1) is 0 Å². The Morgan fingerprint density at radius 1 is 1.41 bits per heavy atom. The molecular formula is C16H17NO5. The third-order valence-corrected chi connectivity index (χ3v) is 3.38. The summed E-state index contributed by atoms with van der Waals surface area (Å²) in [6.45, 7) is 2.03. The summed E-state index contributed by atoms with van der Waals surface area (Å²) in [7, 11) is 1.44. The molecule has 6 nitrogen and oxygen atoms in total. The Balaban J connectivity index is 1.69. The van der Waals surface area contributed by atoms with Crippen LogP contribution in [-0.2, 0) is 27.3 Å². The molecule has 1 unspecified atom stereocenters. The number of rotatable bonds is 5. The van der Waals surface area contributed by atoms with Gasteiger partial charge < -0.3 is 18.7 Å². The molecule has 3 rings (SSSR count). The van der Waals surface area contributed by atoms with Crippen molar-refractivity contribution in [2.24, 2.45) is 0 Å². The van der Waals surface area contributed by atoms with Crippen LogP contribution in [-0.4, -0.2) is 30.9 Å². The highest BCUT2D eigenvalue weighted by atomic mass is 16.6. The van der Waals surface area contributed by atoms with E-state index in [0.29, 0.717) is 11.5 Å². The fraction of sp³-hybridized carbons (Fsp3) is 0.375. The van der Waals surface area contributed by atoms with Crippen LogP contribution in [0.3, 0.4) is 0 Å². The summed E-state index contributed by atoms with van der Waals surface area (Å²) >= 11 is 0. The van der Waals surface area contributed by atoms with Gasteiger partial charge in [0.15, 0.2) is 5.76 Å². The number of benzene rings is 1. The standard InChI is InChI=1S/C16H17NO5/c1-10-5-12-6-11(3-4-14(12)21-10)15-7-13(17-22-15)8-20-16(18)9-19-2/h3-4,6-7,10H,5,8-9H2,1-2H3. The fourth-order valence-corrected chi connectivity index (χ4v) is 2.41. The monoisotopic (exact) mass is 303 g/mol. The van der Waals surface area contributed by atoms with Crippen LogP contribution in [0.5, 0.6) is 5.75 Å². The molecule has 1 aromatic carbocycles. The number of hydrogen-bond donors (Lipinski definition) is 0. The maximum atomic E-state index is 11.2. The van der Waals surface area contributed by atoms with Gasteiger partial charge in [0.05, 0.1) is 0 Å². The smallest absolute Gasteiger partial charge is 0.332 e. The Morgan fingerprint density at radius 2 is 2.27 bits per heavy atom. The summed E-state index contributed by atoms with van der Waals surface area (Å²) in [5.41, 5.74) is 2.65. The van der Waals surface area contributed by atoms with E-state index in [4.69, 9.17) is 14.0 Å². The van der Waals surface area contributed by atoms with Crippen LogP contribution >= 0.6 is 0 Å². The second-order valence-electron chi connectivity index (χ2n) is 5.23. The van der Waals surface area contributed by atoms with E-state index < -0.39 is 5.97 Å². The Bertz CT molecular complexity index is 679. The number of fused-ring (bicyclic) bond motifs is 1. The number of esters is 1. The highest BCUT2D eigenvalue weighted by Gasteiger charge is 2.20. The van der Waals surface area contributed by atoms with Crippen LogP contribution in [0.2, 0.25) is 0 Å². The number of carbonyl (C=O) groups is 1. The SMILES string of the molecule is COCC(=O)OCc1cc(-c2ccc3c(c2)CC(C)O3)on1. The summed E-state index contributed by atoms with van der Waals surface area (Å²) in [6, 6.07) is 7.67. The van der Waals surface area contributed by atoms with Crippen molar-refractivity contribution < 1.29 is 23.5 Å². The quantitative estimate of drug-likeness (QED) is 0.790. The molecule has 0 amide bonds. The maximum Gasteiger partial charge on any atom is 0.332 e. The molecule has 0 saturated heterocycles. The molecule has 1 aliphatic rings. The second-order valence-corrected chi connectivity index (χ2v) is 5.23. The molecule has 1 aliphatic heterocycles. The minimum Gasteiger partial charge on any atom is -0.490 e. The lowest BCUT2D eigenvalue weighted by Crippen LogP contribution is -2.10. The number of nitrogens with zero attached hydrogens (tertiary/aromatic N) is 1. The molecule has 6 heteroatoms. The highest BCUT2D eigenvalue weighted by molar-refractivity contribution is 5.70. The van der Waals surface area contributed by atoms with E-state index in [1.54, 1.807) is 6.07 Å². The van der Waals surface area contributed by atoms with Crippen molar-refractivity contribution in [3.8, 4) is 17.1 Å². The van der Waals surface area contributed by atoms with E-state index >= 15 is 0 Å². The van der Waals surface area contributed by atoms with Crippen LogP contribution < -0.4 is 4.74 Å². The average molecular weight is 303 g/mol. The first-order chi connectivity index (χ1) is 10.7. The lowest BCUT2D eigenvalue weighted by atomic mass is 10.1. The van der Waals surface area contributed by atoms with Crippen molar-refractivity contribution in [3.05, 3.63) is 35.5 Å². The lowest BCUT2D eigenvalue weighted by Gasteiger charge is -2.02. The normalized spacial score (nSPS) is 16.2. The number of aromatic nitrogens is 1. The van der Waals surface area contributed by atoms with Crippen molar-refractivity contribution >= 4 is 5.97 Å². The van der Waals surface area contributed by atoms with Gasteiger partial charge >= 0.3 is 5.97 Å². The minimum atomic E-state index is -0.435. The highest BCUT2D eigenvalue weighted by Crippen LogP contribution is 2.33. The minimum absolute atomic E-state index is 0.0662. The Kier molecular flexibility index (Phi) is 4.11. The third kappa shape index (κ3) is 3.12. The first-order valence-electron chi connectivity index (χ1n) is 7.06. The van der Waals surface area contributed by atoms with E-state index in [2.05, 4.69) is 9.89 Å². The molecule has 0 saturated carbocycles. The maximum absolute atomic E-state index is 11.2. The van der Waals surface area contributed by atoms with Crippen LogP contribution in [0.4, 0.5) is 0 Å². The van der Waals surface area contributed by atoms with Gasteiger partial charge in [-0.05, 0) is 30.7 Å². The average Bonchev–Trinajstić information content (AvgIpc) is 3.09. The summed E-state index contributed by atoms with van der Waals surface area (Å²) in [4.78, 5) is 11.2. The summed E-state index contributed by atoms with van der Waals surface area (Å²) < 4.78 is 20.7. The molecule has 0 aliphatic carbocycles. The molecule has 1 aromatic heterocycles. The fourth-order valence-electron chi connectivity index (χ4n) is 2.41. The van der Waals surface area contributed by atoms with Crippen LogP contribution in [0.15, 0.2) is 28.8 Å². The first-order valence-corrected chi connectivity index (χ1v) is 7.06. The van der Waals surface area contributed by atoms with Gasteiger partial charge in [0.1, 0.15) is 30.8 Å². The van der Waals surface area contributed by atoms with Gasteiger partial charge in [-0.1, -0.05) is 5.16 Å². The molecule has 2 heterocycles. The van der Waals surface area contributed by atoms with Crippen molar-refractivity contribution in [1.82, 2.24) is 5.16 Å². The van der Waals surface area contributed by atoms with Crippen LogP contribution in [0.25, 0.3) is 11.3 Å². The third-order valence-electron chi connectivity index (χ3n) is 3.38. The van der Waals surface area contributed by atoms with E-state index in [0.717, 1.165) is 23.3 Å². The molecular weight excluding hydrogens is 286 g/mol. The molecule has 0 radical (unpaired) electrons. The zero-order chi connectivity index (χ0) is 15.5. The Labute approximate surface area is 128 Å². The second kappa shape index (κ2) is 6.19. The molecule has 22 heavy (non-hydrogen) atoms.